The number of rotatable bonds is 2. The molecule has 0 aliphatic heterocycles. The maximum Gasteiger partial charge on any atom is 0.115 e. The van der Waals surface area contributed by atoms with Crippen LogP contribution in [-0.4, -0.2) is 10.2 Å². The second kappa shape index (κ2) is 7.74. The molecular formula is C16H16O2. The molecule has 0 spiro atoms. The van der Waals surface area contributed by atoms with Gasteiger partial charge in [-0.2, -0.15) is 0 Å². The lowest BCUT2D eigenvalue weighted by atomic mass is 10.2. The Kier molecular flexibility index (Phi) is 5.84. The zero-order chi connectivity index (χ0) is 13.2. The Balaban J connectivity index is 0.000000180. The number of aliphatic hydroxyl groups is 1. The predicted octanol–water partition coefficient (Wildman–Crippen LogP) is 4.25. The maximum absolute atomic E-state index is 8.82. The maximum atomic E-state index is 8.82. The predicted molar refractivity (Wildman–Crippen MR) is 76.3 cm³/mol. The van der Waals surface area contributed by atoms with Gasteiger partial charge >= 0.3 is 0 Å². The van der Waals surface area contributed by atoms with Gasteiger partial charge in [-0.3, -0.25) is 0 Å². The van der Waals surface area contributed by atoms with Crippen LogP contribution >= 0.6 is 0 Å². The molecule has 0 radical (unpaired) electrons. The lowest BCUT2D eigenvalue weighted by Crippen LogP contribution is -1.67. The van der Waals surface area contributed by atoms with Gasteiger partial charge in [0.1, 0.15) is 5.75 Å². The molecule has 2 rings (SSSR count). The van der Waals surface area contributed by atoms with Crippen molar-refractivity contribution in [3.05, 3.63) is 78.6 Å². The standard InChI is InChI=1S/2C8H8O/c1-2-7-3-5-8(9)6-4-7;9-7-6-8-4-2-1-3-5-8/h2-6,9H,1H2;1-7,9H. The fraction of sp³-hybridized carbons (Fsp3) is 0. The van der Waals surface area contributed by atoms with Gasteiger partial charge in [-0.1, -0.05) is 55.1 Å². The Labute approximate surface area is 107 Å². The van der Waals surface area contributed by atoms with E-state index in [9.17, 15) is 0 Å². The van der Waals surface area contributed by atoms with Crippen molar-refractivity contribution in [3.8, 4) is 5.75 Å². The van der Waals surface area contributed by atoms with Crippen LogP contribution in [0.5, 0.6) is 5.75 Å². The van der Waals surface area contributed by atoms with Crippen LogP contribution in [0, 0.1) is 0 Å². The van der Waals surface area contributed by atoms with E-state index in [-0.39, 0.29) is 0 Å². The van der Waals surface area contributed by atoms with E-state index in [1.54, 1.807) is 24.3 Å². The van der Waals surface area contributed by atoms with Crippen LogP contribution in [0.25, 0.3) is 12.2 Å². The highest BCUT2D eigenvalue weighted by atomic mass is 16.3. The molecule has 0 aromatic heterocycles. The van der Waals surface area contributed by atoms with Crippen molar-refractivity contribution in [2.24, 2.45) is 0 Å². The third-order valence-electron chi connectivity index (χ3n) is 2.20. The third-order valence-corrected chi connectivity index (χ3v) is 2.20. The molecule has 0 saturated heterocycles. The lowest BCUT2D eigenvalue weighted by molar-refractivity contribution is 0.475. The van der Waals surface area contributed by atoms with Gasteiger partial charge in [0.05, 0.1) is 6.26 Å². The summed E-state index contributed by atoms with van der Waals surface area (Å²) in [4.78, 5) is 0. The minimum Gasteiger partial charge on any atom is -0.516 e. The SMILES string of the molecule is C=Cc1ccc(O)cc1.OC=Cc1ccccc1. The lowest BCUT2D eigenvalue weighted by Gasteiger charge is -1.90. The first-order valence-corrected chi connectivity index (χ1v) is 5.53. The highest BCUT2D eigenvalue weighted by Gasteiger charge is 1.84. The van der Waals surface area contributed by atoms with Crippen molar-refractivity contribution >= 4 is 12.2 Å². The summed E-state index contributed by atoms with van der Waals surface area (Å²) in [5.74, 6) is 0.292. The molecule has 0 bridgehead atoms. The van der Waals surface area contributed by atoms with Gasteiger partial charge in [0.25, 0.3) is 0 Å². The van der Waals surface area contributed by atoms with E-state index in [0.29, 0.717) is 5.75 Å². The topological polar surface area (TPSA) is 40.5 Å². The average molecular weight is 240 g/mol. The van der Waals surface area contributed by atoms with E-state index in [0.717, 1.165) is 17.4 Å². The number of aliphatic hydroxyl groups excluding tert-OH is 1. The molecule has 2 nitrogen and oxygen atoms in total. The van der Waals surface area contributed by atoms with Gasteiger partial charge in [0, 0.05) is 0 Å². The summed E-state index contributed by atoms with van der Waals surface area (Å²) < 4.78 is 0. The van der Waals surface area contributed by atoms with Crippen molar-refractivity contribution in [1.82, 2.24) is 0 Å². The molecule has 18 heavy (non-hydrogen) atoms. The Bertz CT molecular complexity index is 484. The molecule has 2 aromatic rings. The Morgan fingerprint density at radius 2 is 1.44 bits per heavy atom. The van der Waals surface area contributed by atoms with Crippen molar-refractivity contribution in [3.63, 3.8) is 0 Å². The molecule has 2 N–H and O–H groups in total. The van der Waals surface area contributed by atoms with Crippen LogP contribution < -0.4 is 0 Å². The number of phenols is 1. The molecule has 0 aliphatic carbocycles. The Hall–Kier alpha value is -2.48. The van der Waals surface area contributed by atoms with E-state index < -0.39 is 0 Å². The van der Waals surface area contributed by atoms with Gasteiger partial charge in [0.2, 0.25) is 0 Å². The van der Waals surface area contributed by atoms with Gasteiger partial charge in [-0.25, -0.2) is 0 Å². The van der Waals surface area contributed by atoms with Crippen molar-refractivity contribution in [1.29, 1.82) is 0 Å². The monoisotopic (exact) mass is 240 g/mol. The van der Waals surface area contributed by atoms with E-state index in [1.165, 1.54) is 0 Å². The number of hydrogen-bond donors (Lipinski definition) is 2. The molecule has 0 atom stereocenters. The zero-order valence-electron chi connectivity index (χ0n) is 10.0. The molecule has 0 amide bonds. The van der Waals surface area contributed by atoms with Gasteiger partial charge in [-0.15, -0.1) is 0 Å². The number of aromatic hydroxyl groups is 1. The van der Waals surface area contributed by atoms with E-state index in [4.69, 9.17) is 10.2 Å². The first-order chi connectivity index (χ1) is 8.76. The van der Waals surface area contributed by atoms with Crippen molar-refractivity contribution in [2.45, 2.75) is 0 Å². The highest BCUT2D eigenvalue weighted by Crippen LogP contribution is 2.09. The summed E-state index contributed by atoms with van der Waals surface area (Å²) in [6.45, 7) is 3.58. The van der Waals surface area contributed by atoms with Gasteiger partial charge < -0.3 is 10.2 Å². The summed E-state index contributed by atoms with van der Waals surface area (Å²) in [5.41, 5.74) is 2.04. The summed E-state index contributed by atoms with van der Waals surface area (Å²) in [6.07, 6.45) is 4.41. The molecule has 0 aliphatic rings. The largest absolute Gasteiger partial charge is 0.516 e. The van der Waals surface area contributed by atoms with Crippen molar-refractivity contribution in [2.75, 3.05) is 0 Å². The number of benzene rings is 2. The van der Waals surface area contributed by atoms with E-state index >= 15 is 0 Å². The average Bonchev–Trinajstić information content (AvgIpc) is 2.42. The van der Waals surface area contributed by atoms with Crippen LogP contribution in [0.2, 0.25) is 0 Å². The summed E-state index contributed by atoms with van der Waals surface area (Å²) in [5, 5.41) is 17.2. The van der Waals surface area contributed by atoms with Crippen LogP contribution in [-0.2, 0) is 0 Å². The van der Waals surface area contributed by atoms with Crippen LogP contribution in [0.1, 0.15) is 11.1 Å². The smallest absolute Gasteiger partial charge is 0.115 e. The third kappa shape index (κ3) is 5.03. The highest BCUT2D eigenvalue weighted by molar-refractivity contribution is 5.48. The summed E-state index contributed by atoms with van der Waals surface area (Å²) >= 11 is 0. The van der Waals surface area contributed by atoms with E-state index in [2.05, 4.69) is 6.58 Å². The fourth-order valence-electron chi connectivity index (χ4n) is 1.26. The normalized spacial score (nSPS) is 9.56. The molecule has 2 heteroatoms. The molecule has 2 aromatic carbocycles. The molecule has 0 fully saturated rings. The van der Waals surface area contributed by atoms with Gasteiger partial charge in [-0.05, 0) is 29.3 Å². The molecule has 0 heterocycles. The second-order valence-electron chi connectivity index (χ2n) is 3.52. The van der Waals surface area contributed by atoms with E-state index in [1.807, 2.05) is 42.5 Å². The Morgan fingerprint density at radius 1 is 0.833 bits per heavy atom. The first kappa shape index (κ1) is 13.6. The molecular weight excluding hydrogens is 224 g/mol. The Morgan fingerprint density at radius 3 is 1.94 bits per heavy atom. The van der Waals surface area contributed by atoms with Crippen LogP contribution in [0.4, 0.5) is 0 Å². The fourth-order valence-corrected chi connectivity index (χ4v) is 1.26. The van der Waals surface area contributed by atoms with Crippen molar-refractivity contribution < 1.29 is 10.2 Å². The first-order valence-electron chi connectivity index (χ1n) is 5.53. The minimum absolute atomic E-state index is 0.292. The minimum atomic E-state index is 0.292. The summed E-state index contributed by atoms with van der Waals surface area (Å²) in [7, 11) is 0. The number of hydrogen-bond acceptors (Lipinski definition) is 2. The quantitative estimate of drug-likeness (QED) is 0.770. The molecule has 0 unspecified atom stereocenters. The summed E-state index contributed by atoms with van der Waals surface area (Å²) in [6, 6.07) is 16.5. The number of phenolic OH excluding ortho intramolecular Hbond substituents is 1. The van der Waals surface area contributed by atoms with Crippen LogP contribution in [0.3, 0.4) is 0 Å². The van der Waals surface area contributed by atoms with Gasteiger partial charge in [0.15, 0.2) is 0 Å². The second-order valence-corrected chi connectivity index (χ2v) is 3.52. The molecule has 92 valence electrons. The molecule has 0 saturated carbocycles. The van der Waals surface area contributed by atoms with Crippen LogP contribution in [0.15, 0.2) is 67.4 Å². The zero-order valence-corrected chi connectivity index (χ0v) is 10.0.